The van der Waals surface area contributed by atoms with Gasteiger partial charge in [-0.1, -0.05) is 13.8 Å². The quantitative estimate of drug-likeness (QED) is 0.355. The molecule has 0 amide bonds. The highest BCUT2D eigenvalue weighted by molar-refractivity contribution is 7.78. The van der Waals surface area contributed by atoms with Gasteiger partial charge in [-0.05, 0) is 31.7 Å². The van der Waals surface area contributed by atoms with E-state index in [2.05, 4.69) is 46.9 Å². The van der Waals surface area contributed by atoms with Crippen LogP contribution in [0.2, 0.25) is 0 Å². The van der Waals surface area contributed by atoms with Gasteiger partial charge in [0, 0.05) is 0 Å². The molecule has 3 nitrogen and oxygen atoms in total. The van der Waals surface area contributed by atoms with Crippen molar-refractivity contribution in [2.24, 2.45) is 4.99 Å². The minimum Gasteiger partial charge on any atom is -0.302 e. The van der Waals surface area contributed by atoms with Crippen LogP contribution in [-0.4, -0.2) is 31.0 Å². The van der Waals surface area contributed by atoms with Crippen LogP contribution in [0.1, 0.15) is 20.3 Å². The molecule has 0 rings (SSSR count). The number of aliphatic imine (C=N–C) groups is 1. The second-order valence-corrected chi connectivity index (χ2v) is 2.61. The molecule has 0 spiro atoms. The largest absolute Gasteiger partial charge is 0.302 e. The smallest absolute Gasteiger partial charge is 0.0589 e. The monoisotopic (exact) mass is 187 g/mol. The molecule has 0 atom stereocenters. The molecule has 0 aromatic rings. The van der Waals surface area contributed by atoms with E-state index in [1.807, 2.05) is 0 Å². The zero-order chi connectivity index (χ0) is 9.23. The highest BCUT2D eigenvalue weighted by atomic mass is 32.1. The van der Waals surface area contributed by atoms with Gasteiger partial charge in [0.25, 0.3) is 0 Å². The van der Waals surface area contributed by atoms with Crippen LogP contribution in [0.5, 0.6) is 0 Å². The van der Waals surface area contributed by atoms with Crippen molar-refractivity contribution in [1.82, 2.24) is 10.6 Å². The number of hydrogen-bond donors (Lipinski definition) is 2. The number of nitrogens with one attached hydrogen (secondary N) is 2. The van der Waals surface area contributed by atoms with Crippen molar-refractivity contribution in [2.45, 2.75) is 26.4 Å². The Kier molecular flexibility index (Phi) is 8.61. The molecule has 2 N–H and O–H groups in total. The zero-order valence-corrected chi connectivity index (χ0v) is 8.58. The summed E-state index contributed by atoms with van der Waals surface area (Å²) in [6.07, 6.45) is 1.32. The molecule has 0 unspecified atom stereocenters. The summed E-state index contributed by atoms with van der Waals surface area (Å²) >= 11 is 4.48. The van der Waals surface area contributed by atoms with Gasteiger partial charge in [-0.3, -0.25) is 0 Å². The van der Waals surface area contributed by atoms with Crippen LogP contribution < -0.4 is 10.6 Å². The molecule has 0 aromatic heterocycles. The zero-order valence-electron chi connectivity index (χ0n) is 7.76. The van der Waals surface area contributed by atoms with Crippen LogP contribution in [0.25, 0.3) is 0 Å². The van der Waals surface area contributed by atoms with Crippen LogP contribution >= 0.6 is 12.2 Å². The lowest BCUT2D eigenvalue weighted by molar-refractivity contribution is 0.424. The molecule has 0 fully saturated rings. The molecular formula is C8H17N3S. The normalized spacial score (nSPS) is 9.92. The third-order valence-corrected chi connectivity index (χ3v) is 1.62. The fraction of sp³-hybridized carbons (Fsp3) is 0.875. The van der Waals surface area contributed by atoms with Crippen molar-refractivity contribution in [2.75, 3.05) is 19.6 Å². The Balaban J connectivity index is 3.54. The van der Waals surface area contributed by atoms with Crippen molar-refractivity contribution >= 4 is 17.4 Å². The van der Waals surface area contributed by atoms with Gasteiger partial charge in [-0.2, -0.15) is 0 Å². The maximum atomic E-state index is 4.48. The first-order chi connectivity index (χ1) is 5.85. The summed E-state index contributed by atoms with van der Waals surface area (Å²) in [6.45, 7) is 6.87. The average Bonchev–Trinajstić information content (AvgIpc) is 2.06. The molecule has 0 aliphatic rings. The topological polar surface area (TPSA) is 36.4 Å². The maximum Gasteiger partial charge on any atom is 0.0589 e. The second kappa shape index (κ2) is 8.81. The standard InChI is InChI=1S/C8H17N3S/c1-3-10-8(11-4-2)5-6-9-7-12/h8,10-11H,3-6H2,1-2H3. The van der Waals surface area contributed by atoms with Crippen molar-refractivity contribution in [3.8, 4) is 0 Å². The highest BCUT2D eigenvalue weighted by Crippen LogP contribution is 1.87. The first-order valence-electron chi connectivity index (χ1n) is 4.35. The number of rotatable bonds is 7. The summed E-state index contributed by atoms with van der Waals surface area (Å²) in [7, 11) is 0. The summed E-state index contributed by atoms with van der Waals surface area (Å²) in [5.74, 6) is 0. The molecule has 0 aromatic carbocycles. The van der Waals surface area contributed by atoms with Gasteiger partial charge >= 0.3 is 0 Å². The molecule has 0 radical (unpaired) electrons. The van der Waals surface area contributed by atoms with E-state index < -0.39 is 0 Å². The molecule has 0 bridgehead atoms. The molecule has 70 valence electrons. The van der Waals surface area contributed by atoms with Gasteiger partial charge in [-0.15, -0.1) is 0 Å². The first-order valence-corrected chi connectivity index (χ1v) is 4.76. The summed E-state index contributed by atoms with van der Waals surface area (Å²) in [5, 5.41) is 8.98. The fourth-order valence-electron chi connectivity index (χ4n) is 1.01. The second-order valence-electron chi connectivity index (χ2n) is 2.43. The van der Waals surface area contributed by atoms with E-state index in [0.717, 1.165) is 26.1 Å². The minimum atomic E-state index is 0.354. The lowest BCUT2D eigenvalue weighted by atomic mass is 10.3. The van der Waals surface area contributed by atoms with Crippen molar-refractivity contribution in [3.05, 3.63) is 0 Å². The third-order valence-electron chi connectivity index (χ3n) is 1.50. The Morgan fingerprint density at radius 3 is 2.33 bits per heavy atom. The average molecular weight is 187 g/mol. The van der Waals surface area contributed by atoms with E-state index in [0.29, 0.717) is 6.17 Å². The van der Waals surface area contributed by atoms with Gasteiger partial charge in [0.2, 0.25) is 0 Å². The van der Waals surface area contributed by atoms with Crippen LogP contribution in [0.15, 0.2) is 4.99 Å². The van der Waals surface area contributed by atoms with Gasteiger partial charge in [-0.25, -0.2) is 4.99 Å². The Morgan fingerprint density at radius 1 is 1.33 bits per heavy atom. The number of thiocarbonyl (C=S) groups is 1. The Labute approximate surface area is 79.6 Å². The van der Waals surface area contributed by atoms with Gasteiger partial charge in [0.05, 0.1) is 17.9 Å². The molecular weight excluding hydrogens is 170 g/mol. The fourth-order valence-corrected chi connectivity index (χ4v) is 1.10. The van der Waals surface area contributed by atoms with E-state index in [-0.39, 0.29) is 0 Å². The SMILES string of the molecule is CCNC(CCN=C=S)NCC. The number of isothiocyanates is 1. The van der Waals surface area contributed by atoms with Gasteiger partial charge in [0.1, 0.15) is 0 Å². The minimum absolute atomic E-state index is 0.354. The molecule has 0 aliphatic carbocycles. The van der Waals surface area contributed by atoms with E-state index in [1.165, 1.54) is 0 Å². The van der Waals surface area contributed by atoms with Crippen molar-refractivity contribution in [1.29, 1.82) is 0 Å². The molecule has 0 saturated carbocycles. The van der Waals surface area contributed by atoms with Gasteiger partial charge < -0.3 is 10.6 Å². The summed E-state index contributed by atoms with van der Waals surface area (Å²) in [6, 6.07) is 0. The summed E-state index contributed by atoms with van der Waals surface area (Å²) < 4.78 is 0. The van der Waals surface area contributed by atoms with E-state index in [9.17, 15) is 0 Å². The van der Waals surface area contributed by atoms with Crippen molar-refractivity contribution < 1.29 is 0 Å². The van der Waals surface area contributed by atoms with Crippen LogP contribution in [0.4, 0.5) is 0 Å². The Hall–Kier alpha value is -0.280. The van der Waals surface area contributed by atoms with E-state index in [4.69, 9.17) is 0 Å². The lowest BCUT2D eigenvalue weighted by Crippen LogP contribution is -2.42. The molecule has 4 heteroatoms. The Bertz CT molecular complexity index is 137. The summed E-state index contributed by atoms with van der Waals surface area (Å²) in [5.41, 5.74) is 0. The highest BCUT2D eigenvalue weighted by Gasteiger charge is 2.02. The number of hydrogen-bond acceptors (Lipinski definition) is 4. The number of nitrogens with zero attached hydrogens (tertiary/aromatic N) is 1. The Morgan fingerprint density at radius 2 is 1.92 bits per heavy atom. The van der Waals surface area contributed by atoms with E-state index in [1.54, 1.807) is 0 Å². The molecule has 12 heavy (non-hydrogen) atoms. The van der Waals surface area contributed by atoms with E-state index >= 15 is 0 Å². The van der Waals surface area contributed by atoms with Crippen LogP contribution in [0.3, 0.4) is 0 Å². The molecule has 0 saturated heterocycles. The predicted octanol–water partition coefficient (Wildman–Crippen LogP) is 1.02. The molecule has 0 aliphatic heterocycles. The third kappa shape index (κ3) is 6.43. The predicted molar refractivity (Wildman–Crippen MR) is 55.7 cm³/mol. The van der Waals surface area contributed by atoms with Crippen LogP contribution in [0, 0.1) is 0 Å². The van der Waals surface area contributed by atoms with Gasteiger partial charge in [0.15, 0.2) is 0 Å². The molecule has 0 heterocycles. The maximum absolute atomic E-state index is 4.48. The lowest BCUT2D eigenvalue weighted by Gasteiger charge is -2.16. The van der Waals surface area contributed by atoms with Crippen LogP contribution in [-0.2, 0) is 0 Å². The summed E-state index contributed by atoms with van der Waals surface area (Å²) in [4.78, 5) is 3.86. The first kappa shape index (κ1) is 11.7. The van der Waals surface area contributed by atoms with Crippen molar-refractivity contribution in [3.63, 3.8) is 0 Å².